The second kappa shape index (κ2) is 7.33. The van der Waals surface area contributed by atoms with Gasteiger partial charge in [-0.3, -0.25) is 4.79 Å². The summed E-state index contributed by atoms with van der Waals surface area (Å²) in [6.07, 6.45) is 0.513. The van der Waals surface area contributed by atoms with E-state index in [1.54, 1.807) is 0 Å². The maximum atomic E-state index is 13.3. The molecule has 0 bridgehead atoms. The molecule has 0 fully saturated rings. The minimum absolute atomic E-state index is 0.183. The first-order chi connectivity index (χ1) is 10.1. The van der Waals surface area contributed by atoms with Crippen molar-refractivity contribution in [3.63, 3.8) is 0 Å². The zero-order valence-electron chi connectivity index (χ0n) is 11.2. The number of nitrogens with one attached hydrogen (secondary N) is 1. The lowest BCUT2D eigenvalue weighted by molar-refractivity contribution is 0.0916. The molecule has 1 unspecified atom stereocenters. The molecule has 2 aromatic rings. The molecule has 0 saturated heterocycles. The summed E-state index contributed by atoms with van der Waals surface area (Å²) in [4.78, 5) is 12.1. The lowest BCUT2D eigenvalue weighted by Gasteiger charge is -2.16. The predicted octanol–water partition coefficient (Wildman–Crippen LogP) is 2.92. The number of rotatable bonds is 5. The molecule has 1 atom stereocenters. The molecule has 0 radical (unpaired) electrons. The van der Waals surface area contributed by atoms with Crippen molar-refractivity contribution in [2.24, 2.45) is 0 Å². The Morgan fingerprint density at radius 2 is 1.95 bits per heavy atom. The van der Waals surface area contributed by atoms with Gasteiger partial charge in [-0.2, -0.15) is 0 Å². The van der Waals surface area contributed by atoms with Gasteiger partial charge in [0.15, 0.2) is 0 Å². The van der Waals surface area contributed by atoms with Crippen molar-refractivity contribution in [3.05, 3.63) is 69.9 Å². The SMILES string of the molecule is O=C(NC(CO)Cc1ccccc1)c1cc(F)cc(Br)c1. The summed E-state index contributed by atoms with van der Waals surface area (Å²) in [5.41, 5.74) is 1.23. The topological polar surface area (TPSA) is 49.3 Å². The van der Waals surface area contributed by atoms with E-state index in [0.29, 0.717) is 10.9 Å². The largest absolute Gasteiger partial charge is 0.394 e. The number of carbonyl (C=O) groups is 1. The van der Waals surface area contributed by atoms with Crippen molar-refractivity contribution in [2.75, 3.05) is 6.61 Å². The number of benzene rings is 2. The first-order valence-corrected chi connectivity index (χ1v) is 7.29. The lowest BCUT2D eigenvalue weighted by Crippen LogP contribution is -2.39. The van der Waals surface area contributed by atoms with Gasteiger partial charge in [0.1, 0.15) is 5.82 Å². The van der Waals surface area contributed by atoms with Gasteiger partial charge < -0.3 is 10.4 Å². The predicted molar refractivity (Wildman–Crippen MR) is 82.6 cm³/mol. The summed E-state index contributed by atoms with van der Waals surface area (Å²) in [7, 11) is 0. The van der Waals surface area contributed by atoms with Crippen LogP contribution < -0.4 is 5.32 Å². The van der Waals surface area contributed by atoms with Gasteiger partial charge in [-0.05, 0) is 30.2 Å². The number of hydrogen-bond acceptors (Lipinski definition) is 2. The number of amides is 1. The second-order valence-electron chi connectivity index (χ2n) is 4.70. The van der Waals surface area contributed by atoms with Gasteiger partial charge in [0.2, 0.25) is 0 Å². The summed E-state index contributed by atoms with van der Waals surface area (Å²) < 4.78 is 13.8. The van der Waals surface area contributed by atoms with Crippen molar-refractivity contribution in [1.82, 2.24) is 5.32 Å². The smallest absolute Gasteiger partial charge is 0.251 e. The van der Waals surface area contributed by atoms with Crippen LogP contribution in [-0.4, -0.2) is 23.7 Å². The summed E-state index contributed by atoms with van der Waals surface area (Å²) in [5.74, 6) is -0.900. The Bertz CT molecular complexity index is 599. The first-order valence-electron chi connectivity index (χ1n) is 6.50. The number of hydrogen-bond donors (Lipinski definition) is 2. The summed E-state index contributed by atoms with van der Waals surface area (Å²) in [6.45, 7) is -0.183. The summed E-state index contributed by atoms with van der Waals surface area (Å²) in [6, 6.07) is 13.1. The minimum atomic E-state index is -0.488. The normalized spacial score (nSPS) is 12.0. The third-order valence-electron chi connectivity index (χ3n) is 3.01. The third kappa shape index (κ3) is 4.65. The highest BCUT2D eigenvalue weighted by Crippen LogP contribution is 2.15. The molecule has 0 aromatic heterocycles. The number of aliphatic hydroxyl groups excluding tert-OH is 1. The number of halogens is 2. The molecule has 5 heteroatoms. The molecule has 2 N–H and O–H groups in total. The molecule has 3 nitrogen and oxygen atoms in total. The van der Waals surface area contributed by atoms with E-state index >= 15 is 0 Å². The molecule has 0 aliphatic rings. The van der Waals surface area contributed by atoms with E-state index in [1.165, 1.54) is 12.1 Å². The van der Waals surface area contributed by atoms with E-state index in [4.69, 9.17) is 0 Å². The van der Waals surface area contributed by atoms with E-state index in [-0.39, 0.29) is 12.2 Å². The molecule has 110 valence electrons. The Morgan fingerprint density at radius 1 is 1.24 bits per heavy atom. The Morgan fingerprint density at radius 3 is 2.57 bits per heavy atom. The molecule has 0 spiro atoms. The maximum Gasteiger partial charge on any atom is 0.251 e. The highest BCUT2D eigenvalue weighted by molar-refractivity contribution is 9.10. The minimum Gasteiger partial charge on any atom is -0.394 e. The maximum absolute atomic E-state index is 13.3. The monoisotopic (exact) mass is 351 g/mol. The van der Waals surface area contributed by atoms with Gasteiger partial charge in [0.25, 0.3) is 5.91 Å². The molecular formula is C16H15BrFNO2. The van der Waals surface area contributed by atoms with Crippen LogP contribution in [0.5, 0.6) is 0 Å². The zero-order valence-corrected chi connectivity index (χ0v) is 12.8. The molecular weight excluding hydrogens is 337 g/mol. The summed E-state index contributed by atoms with van der Waals surface area (Å²) in [5, 5.41) is 12.1. The van der Waals surface area contributed by atoms with Crippen molar-refractivity contribution in [3.8, 4) is 0 Å². The van der Waals surface area contributed by atoms with Crippen molar-refractivity contribution >= 4 is 21.8 Å². The highest BCUT2D eigenvalue weighted by atomic mass is 79.9. The van der Waals surface area contributed by atoms with Crippen LogP contribution >= 0.6 is 15.9 Å². The van der Waals surface area contributed by atoms with Crippen LogP contribution in [0.2, 0.25) is 0 Å². The van der Waals surface area contributed by atoms with Crippen molar-refractivity contribution in [1.29, 1.82) is 0 Å². The standard InChI is InChI=1S/C16H15BrFNO2/c17-13-7-12(8-14(18)9-13)16(21)19-15(10-20)6-11-4-2-1-3-5-11/h1-5,7-9,15,20H,6,10H2,(H,19,21). The van der Waals surface area contributed by atoms with Crippen molar-refractivity contribution < 1.29 is 14.3 Å². The lowest BCUT2D eigenvalue weighted by atomic mass is 10.1. The van der Waals surface area contributed by atoms with Gasteiger partial charge >= 0.3 is 0 Å². The van der Waals surface area contributed by atoms with Crippen LogP contribution in [0.3, 0.4) is 0 Å². The van der Waals surface area contributed by atoms with E-state index in [2.05, 4.69) is 21.2 Å². The summed E-state index contributed by atoms with van der Waals surface area (Å²) >= 11 is 3.15. The van der Waals surface area contributed by atoms with Gasteiger partial charge in [-0.1, -0.05) is 46.3 Å². The van der Waals surface area contributed by atoms with E-state index in [9.17, 15) is 14.3 Å². The van der Waals surface area contributed by atoms with Gasteiger partial charge in [0, 0.05) is 10.0 Å². The van der Waals surface area contributed by atoms with Crippen LogP contribution in [0, 0.1) is 5.82 Å². The van der Waals surface area contributed by atoms with Crippen LogP contribution in [0.25, 0.3) is 0 Å². The van der Waals surface area contributed by atoms with Gasteiger partial charge in [-0.25, -0.2) is 4.39 Å². The fraction of sp³-hybridized carbons (Fsp3) is 0.188. The van der Waals surface area contributed by atoms with E-state index < -0.39 is 17.8 Å². The fourth-order valence-electron chi connectivity index (χ4n) is 2.01. The van der Waals surface area contributed by atoms with Gasteiger partial charge in [0.05, 0.1) is 12.6 Å². The van der Waals surface area contributed by atoms with E-state index in [1.807, 2.05) is 30.3 Å². The molecule has 0 saturated carbocycles. The molecule has 0 aliphatic carbocycles. The Labute approximate surface area is 130 Å². The fourth-order valence-corrected chi connectivity index (χ4v) is 2.48. The molecule has 21 heavy (non-hydrogen) atoms. The molecule has 2 aromatic carbocycles. The number of carbonyl (C=O) groups excluding carboxylic acids is 1. The van der Waals surface area contributed by atoms with Crippen molar-refractivity contribution in [2.45, 2.75) is 12.5 Å². The highest BCUT2D eigenvalue weighted by Gasteiger charge is 2.14. The zero-order chi connectivity index (χ0) is 15.2. The average Bonchev–Trinajstić information content (AvgIpc) is 2.46. The van der Waals surface area contributed by atoms with Crippen LogP contribution in [0.1, 0.15) is 15.9 Å². The van der Waals surface area contributed by atoms with Crippen LogP contribution in [-0.2, 0) is 6.42 Å². The Balaban J connectivity index is 2.05. The van der Waals surface area contributed by atoms with Crippen LogP contribution in [0.4, 0.5) is 4.39 Å². The molecule has 2 rings (SSSR count). The molecule has 1 amide bonds. The van der Waals surface area contributed by atoms with Crippen LogP contribution in [0.15, 0.2) is 53.0 Å². The quantitative estimate of drug-likeness (QED) is 0.869. The third-order valence-corrected chi connectivity index (χ3v) is 3.46. The second-order valence-corrected chi connectivity index (χ2v) is 5.62. The number of aliphatic hydroxyl groups is 1. The average molecular weight is 352 g/mol. The Kier molecular flexibility index (Phi) is 5.47. The molecule has 0 heterocycles. The molecule has 0 aliphatic heterocycles. The van der Waals surface area contributed by atoms with Gasteiger partial charge in [-0.15, -0.1) is 0 Å². The Hall–Kier alpha value is -1.72. The first kappa shape index (κ1) is 15.7. The van der Waals surface area contributed by atoms with E-state index in [0.717, 1.165) is 11.6 Å².